The molecule has 6 nitrogen and oxygen atoms in total. The molecule has 1 aliphatic carbocycles. The Labute approximate surface area is 247 Å². The number of aliphatic imine (C=N–C) groups is 1. The molecule has 0 aliphatic heterocycles. The van der Waals surface area contributed by atoms with E-state index in [1.165, 1.54) is 6.26 Å². The lowest BCUT2D eigenvalue weighted by molar-refractivity contribution is 0.298. The van der Waals surface area contributed by atoms with Crippen molar-refractivity contribution >= 4 is 27.2 Å². The van der Waals surface area contributed by atoms with Gasteiger partial charge in [-0.3, -0.25) is 4.99 Å². The van der Waals surface area contributed by atoms with Crippen LogP contribution in [-0.2, 0) is 16.3 Å². The van der Waals surface area contributed by atoms with Gasteiger partial charge in [0, 0.05) is 62.0 Å². The predicted octanol–water partition coefficient (Wildman–Crippen LogP) is 7.27. The fraction of sp³-hybridized carbons (Fsp3) is 0.441. The van der Waals surface area contributed by atoms with Gasteiger partial charge in [0.25, 0.3) is 0 Å². The number of hydrogen-bond donors (Lipinski definition) is 0. The van der Waals surface area contributed by atoms with E-state index in [4.69, 9.17) is 9.97 Å². The average molecular weight is 575 g/mol. The lowest BCUT2D eigenvalue weighted by atomic mass is 9.82. The van der Waals surface area contributed by atoms with Crippen LogP contribution < -0.4 is 0 Å². The Hall–Kier alpha value is -3.32. The zero-order valence-corrected chi connectivity index (χ0v) is 26.4. The number of aromatic nitrogens is 2. The molecule has 1 saturated carbocycles. The van der Waals surface area contributed by atoms with Gasteiger partial charge < -0.3 is 4.90 Å². The third-order valence-corrected chi connectivity index (χ3v) is 9.22. The number of sulfone groups is 1. The molecule has 1 aliphatic rings. The Morgan fingerprint density at radius 2 is 1.90 bits per heavy atom. The Bertz CT molecular complexity index is 1440. The highest BCUT2D eigenvalue weighted by atomic mass is 32.2. The SMILES string of the molecule is C=C/C(=C\N(C)C)c1cccc(-c2ncc(C(/C=N\C)=C/CC)c(CC3CCC(CC(=C)S(C)(=O)=O)C3CC)n2)c1. The molecule has 0 bridgehead atoms. The Balaban J connectivity index is 2.04. The van der Waals surface area contributed by atoms with Crippen molar-refractivity contribution in [3.05, 3.63) is 83.7 Å². The summed E-state index contributed by atoms with van der Waals surface area (Å²) in [7, 11) is 2.54. The molecule has 0 N–H and O–H groups in total. The molecule has 3 atom stereocenters. The minimum Gasteiger partial charge on any atom is -0.383 e. The first-order valence-corrected chi connectivity index (χ1v) is 16.4. The van der Waals surface area contributed by atoms with Gasteiger partial charge in [0.2, 0.25) is 0 Å². The molecule has 1 aromatic heterocycles. The molecular weight excluding hydrogens is 528 g/mol. The van der Waals surface area contributed by atoms with E-state index >= 15 is 0 Å². The van der Waals surface area contributed by atoms with E-state index < -0.39 is 9.84 Å². The molecular formula is C34H46N4O2S. The molecule has 0 saturated heterocycles. The summed E-state index contributed by atoms with van der Waals surface area (Å²) < 4.78 is 24.2. The van der Waals surface area contributed by atoms with Crippen LogP contribution in [0.1, 0.15) is 62.8 Å². The predicted molar refractivity (Wildman–Crippen MR) is 174 cm³/mol. The van der Waals surface area contributed by atoms with Crippen LogP contribution >= 0.6 is 0 Å². The number of hydrogen-bond acceptors (Lipinski definition) is 6. The second-order valence-corrected chi connectivity index (χ2v) is 13.4. The first-order valence-electron chi connectivity index (χ1n) is 14.5. The molecule has 0 radical (unpaired) electrons. The van der Waals surface area contributed by atoms with Gasteiger partial charge in [0.1, 0.15) is 0 Å². The van der Waals surface area contributed by atoms with Crippen LogP contribution in [0.4, 0.5) is 0 Å². The molecule has 1 aromatic carbocycles. The standard InChI is InChI=1S/C34H46N4O2S/c1-9-13-30(21-35-5)32-22-36-34(29-15-12-14-26(19-29)25(10-2)23-38(6)7)37-33(32)20-28-17-16-27(31(28)11-3)18-24(4)41(8,39)40/h10,12-15,19,21-23,27-28,31H,2,4,9,11,16-18,20H2,1,3,5-8H3/b25-23+,30-13+,35-21-. The minimum absolute atomic E-state index is 0.317. The Morgan fingerprint density at radius 1 is 1.17 bits per heavy atom. The smallest absolute Gasteiger partial charge is 0.171 e. The Kier molecular flexibility index (Phi) is 11.4. The van der Waals surface area contributed by atoms with Gasteiger partial charge in [-0.05, 0) is 72.6 Å². The molecule has 7 heteroatoms. The summed E-state index contributed by atoms with van der Waals surface area (Å²) in [5.74, 6) is 1.82. The van der Waals surface area contributed by atoms with Gasteiger partial charge in [0.05, 0.1) is 5.69 Å². The summed E-state index contributed by atoms with van der Waals surface area (Å²) in [5.41, 5.74) is 6.09. The highest BCUT2D eigenvalue weighted by Crippen LogP contribution is 2.44. The van der Waals surface area contributed by atoms with Crippen LogP contribution in [0, 0.1) is 17.8 Å². The molecule has 220 valence electrons. The van der Waals surface area contributed by atoms with Crippen molar-refractivity contribution in [1.29, 1.82) is 0 Å². The first-order chi connectivity index (χ1) is 19.5. The van der Waals surface area contributed by atoms with Crippen LogP contribution in [-0.4, -0.2) is 56.9 Å². The molecule has 41 heavy (non-hydrogen) atoms. The fourth-order valence-electron chi connectivity index (χ4n) is 6.01. The maximum Gasteiger partial charge on any atom is 0.171 e. The second-order valence-electron chi connectivity index (χ2n) is 11.2. The topological polar surface area (TPSA) is 75.5 Å². The largest absolute Gasteiger partial charge is 0.383 e. The van der Waals surface area contributed by atoms with Crippen molar-refractivity contribution in [3.63, 3.8) is 0 Å². The summed E-state index contributed by atoms with van der Waals surface area (Å²) in [6, 6.07) is 8.27. The molecule has 3 unspecified atom stereocenters. The highest BCUT2D eigenvalue weighted by Gasteiger charge is 2.36. The van der Waals surface area contributed by atoms with Gasteiger partial charge >= 0.3 is 0 Å². The number of allylic oxidation sites excluding steroid dienone is 5. The molecule has 1 fully saturated rings. The molecule has 0 spiro atoms. The van der Waals surface area contributed by atoms with Crippen molar-refractivity contribution in [2.75, 3.05) is 27.4 Å². The minimum atomic E-state index is -3.23. The average Bonchev–Trinajstić information content (AvgIpc) is 3.31. The summed E-state index contributed by atoms with van der Waals surface area (Å²) >= 11 is 0. The van der Waals surface area contributed by atoms with Crippen LogP contribution in [0.25, 0.3) is 22.5 Å². The summed E-state index contributed by atoms with van der Waals surface area (Å²) in [4.78, 5) is 16.7. The highest BCUT2D eigenvalue weighted by molar-refractivity contribution is 7.94. The number of benzene rings is 1. The van der Waals surface area contributed by atoms with E-state index in [0.29, 0.717) is 34.9 Å². The summed E-state index contributed by atoms with van der Waals surface area (Å²) in [6.07, 6.45) is 16.4. The molecule has 2 aromatic rings. The second kappa shape index (κ2) is 14.5. The van der Waals surface area contributed by atoms with E-state index in [1.807, 2.05) is 55.8 Å². The van der Waals surface area contributed by atoms with E-state index in [0.717, 1.165) is 65.6 Å². The summed E-state index contributed by atoms with van der Waals surface area (Å²) in [6.45, 7) is 12.2. The zero-order valence-electron chi connectivity index (χ0n) is 25.6. The monoisotopic (exact) mass is 574 g/mol. The van der Waals surface area contributed by atoms with Gasteiger partial charge in [0.15, 0.2) is 15.7 Å². The van der Waals surface area contributed by atoms with Crippen molar-refractivity contribution in [2.24, 2.45) is 22.7 Å². The zero-order chi connectivity index (χ0) is 30.2. The number of nitrogens with zero attached hydrogens (tertiary/aromatic N) is 4. The van der Waals surface area contributed by atoms with E-state index in [9.17, 15) is 8.42 Å². The van der Waals surface area contributed by atoms with Gasteiger partial charge in [-0.2, -0.15) is 0 Å². The van der Waals surface area contributed by atoms with Crippen molar-refractivity contribution < 1.29 is 8.42 Å². The van der Waals surface area contributed by atoms with Gasteiger partial charge in [-0.1, -0.05) is 63.8 Å². The quantitative estimate of drug-likeness (QED) is 0.186. The van der Waals surface area contributed by atoms with Crippen molar-refractivity contribution in [1.82, 2.24) is 14.9 Å². The number of rotatable bonds is 13. The Morgan fingerprint density at radius 3 is 2.51 bits per heavy atom. The summed E-state index contributed by atoms with van der Waals surface area (Å²) in [5, 5.41) is 0. The third kappa shape index (κ3) is 8.35. The van der Waals surface area contributed by atoms with Crippen LogP contribution in [0.15, 0.2) is 71.9 Å². The van der Waals surface area contributed by atoms with Gasteiger partial charge in [-0.15, -0.1) is 0 Å². The van der Waals surface area contributed by atoms with Crippen LogP contribution in [0.2, 0.25) is 0 Å². The lowest BCUT2D eigenvalue weighted by Gasteiger charge is -2.25. The molecule has 3 rings (SSSR count). The maximum absolute atomic E-state index is 12.1. The van der Waals surface area contributed by atoms with Crippen LogP contribution in [0.3, 0.4) is 0 Å². The van der Waals surface area contributed by atoms with E-state index in [2.05, 4.69) is 50.2 Å². The molecule has 1 heterocycles. The van der Waals surface area contributed by atoms with E-state index in [-0.39, 0.29) is 0 Å². The third-order valence-electron chi connectivity index (χ3n) is 8.00. The maximum atomic E-state index is 12.1. The van der Waals surface area contributed by atoms with Crippen molar-refractivity contribution in [3.8, 4) is 11.4 Å². The van der Waals surface area contributed by atoms with E-state index in [1.54, 1.807) is 7.05 Å². The van der Waals surface area contributed by atoms with Crippen molar-refractivity contribution in [2.45, 2.75) is 52.4 Å². The first kappa shape index (κ1) is 32.2. The fourth-order valence-corrected chi connectivity index (χ4v) is 6.53. The van der Waals surface area contributed by atoms with Crippen LogP contribution in [0.5, 0.6) is 0 Å². The van der Waals surface area contributed by atoms with Gasteiger partial charge in [-0.25, -0.2) is 18.4 Å². The lowest BCUT2D eigenvalue weighted by Crippen LogP contribution is -2.19. The molecule has 0 amide bonds. The normalized spacial score (nSPS) is 20.0.